The second-order valence-corrected chi connectivity index (χ2v) is 4.93. The van der Waals surface area contributed by atoms with Crippen LogP contribution < -0.4 is 0 Å². The number of allylic oxidation sites excluding steroid dienone is 1. The summed E-state index contributed by atoms with van der Waals surface area (Å²) < 4.78 is 0. The van der Waals surface area contributed by atoms with Gasteiger partial charge in [-0.05, 0) is 61.1 Å². The van der Waals surface area contributed by atoms with E-state index >= 15 is 0 Å². The van der Waals surface area contributed by atoms with Gasteiger partial charge in [-0.25, -0.2) is 0 Å². The van der Waals surface area contributed by atoms with Gasteiger partial charge in [0.25, 0.3) is 0 Å². The van der Waals surface area contributed by atoms with Crippen LogP contribution in [0.25, 0.3) is 11.6 Å². The van der Waals surface area contributed by atoms with Crippen molar-refractivity contribution in [3.8, 4) is 0 Å². The molecule has 0 saturated carbocycles. The summed E-state index contributed by atoms with van der Waals surface area (Å²) >= 11 is 0. The molecule has 0 nitrogen and oxygen atoms in total. The van der Waals surface area contributed by atoms with Gasteiger partial charge in [0.2, 0.25) is 0 Å². The van der Waals surface area contributed by atoms with Crippen molar-refractivity contribution < 1.29 is 0 Å². The Morgan fingerprint density at radius 1 is 0.833 bits per heavy atom. The Balaban J connectivity index is 2.49. The number of rotatable bonds is 2. The third kappa shape index (κ3) is 2.53. The first-order chi connectivity index (χ1) is 8.59. The Morgan fingerprint density at radius 3 is 2.11 bits per heavy atom. The number of hydrogen-bond donors (Lipinski definition) is 0. The van der Waals surface area contributed by atoms with Gasteiger partial charge >= 0.3 is 0 Å². The maximum absolute atomic E-state index is 2.30. The zero-order chi connectivity index (χ0) is 13.1. The second kappa shape index (κ2) is 5.22. The predicted octanol–water partition coefficient (Wildman–Crippen LogP) is 5.17. The van der Waals surface area contributed by atoms with E-state index in [4.69, 9.17) is 0 Å². The molecule has 0 fully saturated rings. The Kier molecular flexibility index (Phi) is 3.66. The van der Waals surface area contributed by atoms with Crippen LogP contribution in [0.5, 0.6) is 0 Å². The van der Waals surface area contributed by atoms with E-state index in [-0.39, 0.29) is 0 Å². The van der Waals surface area contributed by atoms with Crippen LogP contribution in [0, 0.1) is 20.8 Å². The molecule has 0 N–H and O–H groups in total. The molecule has 0 heteroatoms. The number of aryl methyl sites for hydroxylation is 2. The van der Waals surface area contributed by atoms with Crippen molar-refractivity contribution in [2.75, 3.05) is 0 Å². The summed E-state index contributed by atoms with van der Waals surface area (Å²) in [6.07, 6.45) is 2.30. The summed E-state index contributed by atoms with van der Waals surface area (Å²) in [5.74, 6) is 0. The van der Waals surface area contributed by atoms with Gasteiger partial charge in [-0.15, -0.1) is 0 Å². The molecule has 0 aliphatic carbocycles. The fourth-order valence-corrected chi connectivity index (χ4v) is 2.20. The molecule has 0 atom stereocenters. The van der Waals surface area contributed by atoms with E-state index in [0.717, 1.165) is 0 Å². The molecule has 0 amide bonds. The minimum atomic E-state index is 1.29. The topological polar surface area (TPSA) is 0 Å². The monoisotopic (exact) mass is 236 g/mol. The summed E-state index contributed by atoms with van der Waals surface area (Å²) in [6, 6.07) is 14.9. The lowest BCUT2D eigenvalue weighted by Crippen LogP contribution is -1.91. The van der Waals surface area contributed by atoms with Crippen LogP contribution in [0.4, 0.5) is 0 Å². The highest BCUT2D eigenvalue weighted by molar-refractivity contribution is 5.82. The predicted molar refractivity (Wildman–Crippen MR) is 80.6 cm³/mol. The molecule has 2 aromatic rings. The molecule has 0 aliphatic heterocycles. The molecule has 2 aromatic carbocycles. The van der Waals surface area contributed by atoms with Gasteiger partial charge in [0, 0.05) is 0 Å². The van der Waals surface area contributed by atoms with E-state index in [0.29, 0.717) is 0 Å². The zero-order valence-corrected chi connectivity index (χ0v) is 11.6. The van der Waals surface area contributed by atoms with Crippen LogP contribution in [0.1, 0.15) is 34.7 Å². The Morgan fingerprint density at radius 2 is 1.44 bits per heavy atom. The van der Waals surface area contributed by atoms with Gasteiger partial charge in [0.15, 0.2) is 0 Å². The van der Waals surface area contributed by atoms with Gasteiger partial charge in [-0.1, -0.05) is 48.5 Å². The summed E-state index contributed by atoms with van der Waals surface area (Å²) in [7, 11) is 0. The molecule has 92 valence electrons. The van der Waals surface area contributed by atoms with Gasteiger partial charge in [0.05, 0.1) is 0 Å². The number of benzene rings is 2. The van der Waals surface area contributed by atoms with Crippen molar-refractivity contribution in [1.29, 1.82) is 0 Å². The first kappa shape index (κ1) is 12.6. The van der Waals surface area contributed by atoms with Gasteiger partial charge < -0.3 is 0 Å². The molecule has 2 rings (SSSR count). The molecule has 0 spiro atoms. The lowest BCUT2D eigenvalue weighted by Gasteiger charge is -2.10. The highest BCUT2D eigenvalue weighted by atomic mass is 14.1. The van der Waals surface area contributed by atoms with Crippen LogP contribution in [0.15, 0.2) is 42.5 Å². The minimum Gasteiger partial charge on any atom is -0.0622 e. The third-order valence-electron chi connectivity index (χ3n) is 3.59. The Bertz CT molecular complexity index is 574. The molecule has 0 bridgehead atoms. The van der Waals surface area contributed by atoms with Crippen molar-refractivity contribution in [3.63, 3.8) is 0 Å². The summed E-state index contributed by atoms with van der Waals surface area (Å²) in [6.45, 7) is 8.73. The molecule has 18 heavy (non-hydrogen) atoms. The average molecular weight is 236 g/mol. The van der Waals surface area contributed by atoms with Crippen molar-refractivity contribution >= 4 is 11.6 Å². The van der Waals surface area contributed by atoms with Crippen molar-refractivity contribution in [2.45, 2.75) is 27.7 Å². The highest BCUT2D eigenvalue weighted by Gasteiger charge is 2.03. The summed E-state index contributed by atoms with van der Waals surface area (Å²) in [5.41, 5.74) is 8.04. The average Bonchev–Trinajstić information content (AvgIpc) is 2.40. The maximum Gasteiger partial charge on any atom is -0.0193 e. The lowest BCUT2D eigenvalue weighted by atomic mass is 9.95. The van der Waals surface area contributed by atoms with E-state index < -0.39 is 0 Å². The fourth-order valence-electron chi connectivity index (χ4n) is 2.20. The first-order valence-corrected chi connectivity index (χ1v) is 6.40. The molecular formula is C18H20. The molecular weight excluding hydrogens is 216 g/mol. The summed E-state index contributed by atoms with van der Waals surface area (Å²) in [4.78, 5) is 0. The minimum absolute atomic E-state index is 1.29. The quantitative estimate of drug-likeness (QED) is 0.631. The van der Waals surface area contributed by atoms with E-state index in [1.54, 1.807) is 0 Å². The molecule has 0 saturated heterocycles. The zero-order valence-electron chi connectivity index (χ0n) is 11.6. The molecule has 0 aromatic heterocycles. The van der Waals surface area contributed by atoms with Crippen molar-refractivity contribution in [3.05, 3.63) is 70.3 Å². The smallest absolute Gasteiger partial charge is 0.0193 e. The first-order valence-electron chi connectivity index (χ1n) is 6.40. The van der Waals surface area contributed by atoms with E-state index in [9.17, 15) is 0 Å². The largest absolute Gasteiger partial charge is 0.0622 e. The Labute approximate surface area is 110 Å². The fraction of sp³-hybridized carbons (Fsp3) is 0.222. The normalized spacial score (nSPS) is 11.7. The van der Waals surface area contributed by atoms with Gasteiger partial charge in [-0.2, -0.15) is 0 Å². The van der Waals surface area contributed by atoms with Crippen molar-refractivity contribution in [1.82, 2.24) is 0 Å². The van der Waals surface area contributed by atoms with E-state index in [2.05, 4.69) is 76.2 Å². The molecule has 0 unspecified atom stereocenters. The maximum atomic E-state index is 2.30. The SMILES string of the molecule is CC(=Cc1c(C)ccc(C)c1C)c1ccccc1. The standard InChI is InChI=1S/C18H20/c1-13-10-11-14(2)18(16(13)4)12-15(3)17-8-6-5-7-9-17/h5-12H,1-4H3. The van der Waals surface area contributed by atoms with Gasteiger partial charge in [0.1, 0.15) is 0 Å². The van der Waals surface area contributed by atoms with E-state index in [1.807, 2.05) is 0 Å². The van der Waals surface area contributed by atoms with Gasteiger partial charge in [-0.3, -0.25) is 0 Å². The van der Waals surface area contributed by atoms with Crippen LogP contribution in [-0.4, -0.2) is 0 Å². The van der Waals surface area contributed by atoms with Crippen LogP contribution in [0.3, 0.4) is 0 Å². The van der Waals surface area contributed by atoms with E-state index in [1.165, 1.54) is 33.4 Å². The molecule has 0 radical (unpaired) electrons. The second-order valence-electron chi connectivity index (χ2n) is 4.93. The van der Waals surface area contributed by atoms with Crippen molar-refractivity contribution in [2.24, 2.45) is 0 Å². The van der Waals surface area contributed by atoms with Crippen LogP contribution in [0.2, 0.25) is 0 Å². The molecule has 0 aliphatic rings. The Hall–Kier alpha value is -1.82. The summed E-state index contributed by atoms with van der Waals surface area (Å²) in [5, 5.41) is 0. The lowest BCUT2D eigenvalue weighted by molar-refractivity contribution is 1.28. The molecule has 0 heterocycles. The van der Waals surface area contributed by atoms with Crippen LogP contribution >= 0.6 is 0 Å². The number of hydrogen-bond acceptors (Lipinski definition) is 0. The highest BCUT2D eigenvalue weighted by Crippen LogP contribution is 2.24. The third-order valence-corrected chi connectivity index (χ3v) is 3.59. The van der Waals surface area contributed by atoms with Crippen LogP contribution in [-0.2, 0) is 0 Å².